The van der Waals surface area contributed by atoms with Gasteiger partial charge in [-0.2, -0.15) is 0 Å². The van der Waals surface area contributed by atoms with Crippen molar-refractivity contribution in [1.29, 1.82) is 0 Å². The SMILES string of the molecule is Cc1ccsc1/C=C1/NC(=O)N(c2ccc(Cl)cc2)C1=O. The number of hydrogen-bond acceptors (Lipinski definition) is 3. The number of benzene rings is 1. The summed E-state index contributed by atoms with van der Waals surface area (Å²) in [4.78, 5) is 26.5. The van der Waals surface area contributed by atoms with Gasteiger partial charge >= 0.3 is 6.03 Å². The van der Waals surface area contributed by atoms with Gasteiger partial charge in [0.1, 0.15) is 5.70 Å². The molecule has 1 fully saturated rings. The molecule has 0 atom stereocenters. The first-order valence-corrected chi connectivity index (χ1v) is 7.49. The van der Waals surface area contributed by atoms with Crippen LogP contribution in [0.3, 0.4) is 0 Å². The molecule has 3 rings (SSSR count). The van der Waals surface area contributed by atoms with Gasteiger partial charge < -0.3 is 5.32 Å². The fourth-order valence-electron chi connectivity index (χ4n) is 2.02. The van der Waals surface area contributed by atoms with Crippen LogP contribution in [0.4, 0.5) is 10.5 Å². The van der Waals surface area contributed by atoms with Gasteiger partial charge in [0.2, 0.25) is 0 Å². The topological polar surface area (TPSA) is 49.4 Å². The molecule has 4 nitrogen and oxygen atoms in total. The predicted octanol–water partition coefficient (Wildman–Crippen LogP) is 3.81. The van der Waals surface area contributed by atoms with Crippen molar-refractivity contribution in [2.24, 2.45) is 0 Å². The summed E-state index contributed by atoms with van der Waals surface area (Å²) in [5, 5.41) is 5.10. The number of hydrogen-bond donors (Lipinski definition) is 1. The number of nitrogens with zero attached hydrogens (tertiary/aromatic N) is 1. The highest BCUT2D eigenvalue weighted by atomic mass is 35.5. The van der Waals surface area contributed by atoms with Crippen molar-refractivity contribution in [2.75, 3.05) is 4.90 Å². The van der Waals surface area contributed by atoms with Crippen LogP contribution >= 0.6 is 22.9 Å². The Labute approximate surface area is 130 Å². The molecule has 6 heteroatoms. The van der Waals surface area contributed by atoms with E-state index in [1.54, 1.807) is 30.3 Å². The van der Waals surface area contributed by atoms with Gasteiger partial charge in [-0.05, 0) is 54.3 Å². The second-order valence-corrected chi connectivity index (χ2v) is 5.96. The lowest BCUT2D eigenvalue weighted by molar-refractivity contribution is -0.113. The van der Waals surface area contributed by atoms with E-state index >= 15 is 0 Å². The molecule has 0 aliphatic carbocycles. The Kier molecular flexibility index (Phi) is 3.53. The molecular weight excluding hydrogens is 308 g/mol. The smallest absolute Gasteiger partial charge is 0.302 e. The quantitative estimate of drug-likeness (QED) is 0.676. The molecule has 1 N–H and O–H groups in total. The van der Waals surface area contributed by atoms with Crippen LogP contribution in [0.5, 0.6) is 0 Å². The Morgan fingerprint density at radius 1 is 1.19 bits per heavy atom. The molecule has 0 radical (unpaired) electrons. The molecule has 1 aliphatic rings. The van der Waals surface area contributed by atoms with Crippen LogP contribution in [0.1, 0.15) is 10.4 Å². The minimum absolute atomic E-state index is 0.278. The summed E-state index contributed by atoms with van der Waals surface area (Å²) in [6, 6.07) is 8.07. The predicted molar refractivity (Wildman–Crippen MR) is 84.5 cm³/mol. The van der Waals surface area contributed by atoms with Crippen molar-refractivity contribution in [3.05, 3.63) is 56.9 Å². The lowest BCUT2D eigenvalue weighted by Crippen LogP contribution is -2.30. The highest BCUT2D eigenvalue weighted by Crippen LogP contribution is 2.25. The van der Waals surface area contributed by atoms with Crippen molar-refractivity contribution >= 4 is 46.6 Å². The van der Waals surface area contributed by atoms with Gasteiger partial charge in [0, 0.05) is 9.90 Å². The van der Waals surface area contributed by atoms with Crippen LogP contribution < -0.4 is 10.2 Å². The lowest BCUT2D eigenvalue weighted by Gasteiger charge is -2.11. The maximum absolute atomic E-state index is 12.4. The zero-order chi connectivity index (χ0) is 15.0. The molecule has 1 saturated heterocycles. The first-order valence-electron chi connectivity index (χ1n) is 6.23. The van der Waals surface area contributed by atoms with E-state index in [1.807, 2.05) is 18.4 Å². The van der Waals surface area contributed by atoms with Gasteiger partial charge in [0.25, 0.3) is 5.91 Å². The summed E-state index contributed by atoms with van der Waals surface area (Å²) in [5.74, 6) is -0.366. The molecule has 2 aromatic rings. The number of halogens is 1. The van der Waals surface area contributed by atoms with E-state index in [4.69, 9.17) is 11.6 Å². The molecule has 1 aromatic carbocycles. The standard InChI is InChI=1S/C15H11ClN2O2S/c1-9-6-7-21-13(9)8-12-14(19)18(15(20)17-12)11-4-2-10(16)3-5-11/h2-8H,1H3,(H,17,20)/b12-8+. The van der Waals surface area contributed by atoms with Crippen LogP contribution in [0, 0.1) is 6.92 Å². The molecule has 21 heavy (non-hydrogen) atoms. The molecule has 1 aromatic heterocycles. The first-order chi connectivity index (χ1) is 10.1. The number of nitrogens with one attached hydrogen (secondary N) is 1. The van der Waals surface area contributed by atoms with E-state index in [-0.39, 0.29) is 11.6 Å². The second-order valence-electron chi connectivity index (χ2n) is 4.57. The van der Waals surface area contributed by atoms with Crippen LogP contribution in [0.2, 0.25) is 5.02 Å². The number of rotatable bonds is 2. The van der Waals surface area contributed by atoms with Crippen LogP contribution in [-0.2, 0) is 4.79 Å². The summed E-state index contributed by atoms with van der Waals surface area (Å²) in [7, 11) is 0. The van der Waals surface area contributed by atoms with Gasteiger partial charge in [-0.3, -0.25) is 4.79 Å². The van der Waals surface area contributed by atoms with Gasteiger partial charge in [-0.1, -0.05) is 11.6 Å². The molecule has 0 unspecified atom stereocenters. The minimum Gasteiger partial charge on any atom is -0.302 e. The van der Waals surface area contributed by atoms with Gasteiger partial charge in [-0.15, -0.1) is 11.3 Å². The molecule has 0 spiro atoms. The zero-order valence-electron chi connectivity index (χ0n) is 11.1. The van der Waals surface area contributed by atoms with Gasteiger partial charge in [-0.25, -0.2) is 9.69 Å². The maximum atomic E-state index is 12.4. The molecule has 3 amide bonds. The minimum atomic E-state index is -0.456. The average molecular weight is 319 g/mol. The van der Waals surface area contributed by atoms with Crippen molar-refractivity contribution in [3.8, 4) is 0 Å². The number of urea groups is 1. The van der Waals surface area contributed by atoms with Gasteiger partial charge in [0.05, 0.1) is 5.69 Å². The third kappa shape index (κ3) is 2.57. The molecule has 0 bridgehead atoms. The largest absolute Gasteiger partial charge is 0.333 e. The number of anilines is 1. The Bertz CT molecular complexity index is 749. The Hall–Kier alpha value is -2.11. The summed E-state index contributed by atoms with van der Waals surface area (Å²) in [6.07, 6.45) is 1.70. The zero-order valence-corrected chi connectivity index (χ0v) is 12.7. The van der Waals surface area contributed by atoms with E-state index in [0.29, 0.717) is 10.7 Å². The number of thiophene rings is 1. The van der Waals surface area contributed by atoms with Gasteiger partial charge in [0.15, 0.2) is 0 Å². The molecule has 106 valence electrons. The monoisotopic (exact) mass is 318 g/mol. The Morgan fingerprint density at radius 2 is 1.90 bits per heavy atom. The molecule has 2 heterocycles. The Balaban J connectivity index is 1.94. The van der Waals surface area contributed by atoms with Crippen molar-refractivity contribution in [2.45, 2.75) is 6.92 Å². The third-order valence-corrected chi connectivity index (χ3v) is 4.36. The number of amides is 3. The molecular formula is C15H11ClN2O2S. The average Bonchev–Trinajstić information content (AvgIpc) is 2.97. The number of carbonyl (C=O) groups excluding carboxylic acids is 2. The fourth-order valence-corrected chi connectivity index (χ4v) is 3.01. The van der Waals surface area contributed by atoms with Crippen LogP contribution in [-0.4, -0.2) is 11.9 Å². The van der Waals surface area contributed by atoms with E-state index in [1.165, 1.54) is 11.3 Å². The number of aryl methyl sites for hydroxylation is 1. The highest BCUT2D eigenvalue weighted by Gasteiger charge is 2.34. The Morgan fingerprint density at radius 3 is 2.52 bits per heavy atom. The summed E-state index contributed by atoms with van der Waals surface area (Å²) < 4.78 is 0. The van der Waals surface area contributed by atoms with E-state index in [9.17, 15) is 9.59 Å². The fraction of sp³-hybridized carbons (Fsp3) is 0.0667. The first kappa shape index (κ1) is 13.9. The summed E-state index contributed by atoms with van der Waals surface area (Å²) >= 11 is 7.34. The maximum Gasteiger partial charge on any atom is 0.333 e. The number of imide groups is 1. The van der Waals surface area contributed by atoms with Crippen molar-refractivity contribution in [1.82, 2.24) is 5.32 Å². The summed E-state index contributed by atoms with van der Waals surface area (Å²) in [6.45, 7) is 1.96. The van der Waals surface area contributed by atoms with E-state index in [0.717, 1.165) is 15.3 Å². The number of carbonyl (C=O) groups is 2. The normalized spacial score (nSPS) is 16.7. The van der Waals surface area contributed by atoms with Crippen molar-refractivity contribution < 1.29 is 9.59 Å². The summed E-state index contributed by atoms with van der Waals surface area (Å²) in [5.41, 5.74) is 1.84. The van der Waals surface area contributed by atoms with E-state index in [2.05, 4.69) is 5.32 Å². The van der Waals surface area contributed by atoms with Crippen LogP contribution in [0.25, 0.3) is 6.08 Å². The molecule has 0 saturated carbocycles. The van der Waals surface area contributed by atoms with Crippen molar-refractivity contribution in [3.63, 3.8) is 0 Å². The van der Waals surface area contributed by atoms with Crippen LogP contribution in [0.15, 0.2) is 41.4 Å². The highest BCUT2D eigenvalue weighted by molar-refractivity contribution is 7.11. The van der Waals surface area contributed by atoms with E-state index < -0.39 is 6.03 Å². The third-order valence-electron chi connectivity index (χ3n) is 3.14. The lowest BCUT2D eigenvalue weighted by atomic mass is 10.2. The second kappa shape index (κ2) is 5.35. The molecule has 1 aliphatic heterocycles.